The van der Waals surface area contributed by atoms with E-state index < -0.39 is 10.0 Å². The van der Waals surface area contributed by atoms with Gasteiger partial charge < -0.3 is 4.90 Å². The van der Waals surface area contributed by atoms with E-state index in [1.54, 1.807) is 4.31 Å². The Morgan fingerprint density at radius 3 is 2.37 bits per heavy atom. The summed E-state index contributed by atoms with van der Waals surface area (Å²) in [4.78, 5) is 2.56. The van der Waals surface area contributed by atoms with E-state index in [-0.39, 0.29) is 5.41 Å². The first-order chi connectivity index (χ1) is 8.97. The van der Waals surface area contributed by atoms with Crippen molar-refractivity contribution in [3.63, 3.8) is 0 Å². The van der Waals surface area contributed by atoms with Crippen molar-refractivity contribution in [3.05, 3.63) is 0 Å². The Balaban J connectivity index is 1.47. The van der Waals surface area contributed by atoms with Gasteiger partial charge >= 0.3 is 0 Å². The van der Waals surface area contributed by atoms with Crippen LogP contribution in [0.3, 0.4) is 0 Å². The second kappa shape index (κ2) is 5.01. The molecule has 1 spiro atoms. The summed E-state index contributed by atoms with van der Waals surface area (Å²) < 4.78 is 24.8. The molecule has 0 bridgehead atoms. The van der Waals surface area contributed by atoms with Gasteiger partial charge in [0.2, 0.25) is 10.0 Å². The standard InChI is InChI=1S/C14H26N2O2S/c1-19(17,18)16-8-7-14(12-16)10-15(11-14)9-13-5-3-2-4-6-13/h13H,2-12H2,1H3. The van der Waals surface area contributed by atoms with E-state index in [1.165, 1.54) is 44.9 Å². The van der Waals surface area contributed by atoms with Gasteiger partial charge in [-0.3, -0.25) is 0 Å². The van der Waals surface area contributed by atoms with Crippen molar-refractivity contribution in [2.75, 3.05) is 39.0 Å². The van der Waals surface area contributed by atoms with Crippen LogP contribution < -0.4 is 0 Å². The number of hydrogen-bond acceptors (Lipinski definition) is 3. The average Bonchev–Trinajstić information content (AvgIpc) is 2.75. The minimum absolute atomic E-state index is 0.289. The lowest BCUT2D eigenvalue weighted by atomic mass is 9.78. The smallest absolute Gasteiger partial charge is 0.211 e. The summed E-state index contributed by atoms with van der Waals surface area (Å²) in [6.07, 6.45) is 9.43. The zero-order valence-electron chi connectivity index (χ0n) is 12.0. The van der Waals surface area contributed by atoms with Gasteiger partial charge in [-0.1, -0.05) is 19.3 Å². The molecule has 0 unspecified atom stereocenters. The molecular formula is C14H26N2O2S. The minimum Gasteiger partial charge on any atom is -0.302 e. The summed E-state index contributed by atoms with van der Waals surface area (Å²) in [5.41, 5.74) is 0.289. The molecule has 0 amide bonds. The van der Waals surface area contributed by atoms with Gasteiger partial charge in [-0.25, -0.2) is 12.7 Å². The minimum atomic E-state index is -2.98. The van der Waals surface area contributed by atoms with Gasteiger partial charge in [0, 0.05) is 38.1 Å². The maximum Gasteiger partial charge on any atom is 0.211 e. The topological polar surface area (TPSA) is 40.6 Å². The van der Waals surface area contributed by atoms with Gasteiger partial charge in [0.05, 0.1) is 6.26 Å². The fourth-order valence-corrected chi connectivity index (χ4v) is 5.13. The van der Waals surface area contributed by atoms with Crippen LogP contribution in [0.15, 0.2) is 0 Å². The summed E-state index contributed by atoms with van der Waals surface area (Å²) in [6.45, 7) is 4.98. The molecule has 0 aromatic carbocycles. The van der Waals surface area contributed by atoms with E-state index in [2.05, 4.69) is 4.90 Å². The summed E-state index contributed by atoms with van der Waals surface area (Å²) in [6, 6.07) is 0. The normalized spacial score (nSPS) is 29.7. The van der Waals surface area contributed by atoms with Crippen LogP contribution in [-0.2, 0) is 10.0 Å². The Morgan fingerprint density at radius 2 is 1.79 bits per heavy atom. The molecule has 4 nitrogen and oxygen atoms in total. The summed E-state index contributed by atoms with van der Waals surface area (Å²) in [7, 11) is -2.98. The lowest BCUT2D eigenvalue weighted by molar-refractivity contribution is -0.00226. The van der Waals surface area contributed by atoms with E-state index in [0.29, 0.717) is 0 Å². The Morgan fingerprint density at radius 1 is 1.11 bits per heavy atom. The Labute approximate surface area is 117 Å². The van der Waals surface area contributed by atoms with E-state index in [9.17, 15) is 8.42 Å². The molecule has 1 saturated carbocycles. The van der Waals surface area contributed by atoms with Crippen molar-refractivity contribution in [2.24, 2.45) is 11.3 Å². The maximum absolute atomic E-state index is 11.6. The average molecular weight is 286 g/mol. The molecule has 2 aliphatic heterocycles. The second-order valence-corrected chi connectivity index (χ2v) is 9.00. The van der Waals surface area contributed by atoms with Crippen LogP contribution in [0, 0.1) is 11.3 Å². The van der Waals surface area contributed by atoms with Crippen LogP contribution in [0.25, 0.3) is 0 Å². The molecule has 1 aliphatic carbocycles. The molecule has 0 aromatic heterocycles. The molecule has 19 heavy (non-hydrogen) atoms. The Kier molecular flexibility index (Phi) is 3.65. The van der Waals surface area contributed by atoms with Gasteiger partial charge in [0.15, 0.2) is 0 Å². The van der Waals surface area contributed by atoms with Crippen molar-refractivity contribution in [1.29, 1.82) is 0 Å². The Bertz CT molecular complexity index is 423. The van der Waals surface area contributed by atoms with Crippen molar-refractivity contribution in [3.8, 4) is 0 Å². The second-order valence-electron chi connectivity index (χ2n) is 7.02. The lowest BCUT2D eigenvalue weighted by Gasteiger charge is -2.49. The summed E-state index contributed by atoms with van der Waals surface area (Å²) in [5.74, 6) is 0.901. The van der Waals surface area contributed by atoms with Crippen LogP contribution in [0.4, 0.5) is 0 Å². The molecule has 2 saturated heterocycles. The fourth-order valence-electron chi connectivity index (χ4n) is 4.20. The third-order valence-corrected chi connectivity index (χ3v) is 6.48. The van der Waals surface area contributed by atoms with Gasteiger partial charge in [0.25, 0.3) is 0 Å². The highest BCUT2D eigenvalue weighted by Crippen LogP contribution is 2.41. The van der Waals surface area contributed by atoms with E-state index in [1.807, 2.05) is 0 Å². The molecule has 0 radical (unpaired) electrons. The van der Waals surface area contributed by atoms with Crippen LogP contribution in [0.1, 0.15) is 38.5 Å². The molecule has 3 rings (SSSR count). The third kappa shape index (κ3) is 2.98. The van der Waals surface area contributed by atoms with Gasteiger partial charge in [-0.2, -0.15) is 0 Å². The predicted octanol–water partition coefficient (Wildman–Crippen LogP) is 1.53. The number of hydrogen-bond donors (Lipinski definition) is 0. The van der Waals surface area contributed by atoms with Crippen LogP contribution in [0.2, 0.25) is 0 Å². The fraction of sp³-hybridized carbons (Fsp3) is 1.00. The quantitative estimate of drug-likeness (QED) is 0.790. The number of nitrogens with zero attached hydrogens (tertiary/aromatic N) is 2. The third-order valence-electron chi connectivity index (χ3n) is 5.23. The molecule has 3 fully saturated rings. The van der Waals surface area contributed by atoms with Crippen molar-refractivity contribution in [2.45, 2.75) is 38.5 Å². The maximum atomic E-state index is 11.6. The van der Waals surface area contributed by atoms with Crippen LogP contribution in [0.5, 0.6) is 0 Å². The lowest BCUT2D eigenvalue weighted by Crippen LogP contribution is -2.58. The van der Waals surface area contributed by atoms with E-state index in [0.717, 1.165) is 38.5 Å². The summed E-state index contributed by atoms with van der Waals surface area (Å²) in [5, 5.41) is 0. The van der Waals surface area contributed by atoms with E-state index in [4.69, 9.17) is 0 Å². The first-order valence-corrected chi connectivity index (χ1v) is 9.49. The first-order valence-electron chi connectivity index (χ1n) is 7.64. The van der Waals surface area contributed by atoms with Crippen LogP contribution in [-0.4, -0.2) is 56.6 Å². The highest BCUT2D eigenvalue weighted by Gasteiger charge is 2.49. The van der Waals surface area contributed by atoms with Gasteiger partial charge in [-0.15, -0.1) is 0 Å². The molecule has 110 valence electrons. The first kappa shape index (κ1) is 13.8. The highest BCUT2D eigenvalue weighted by molar-refractivity contribution is 7.88. The predicted molar refractivity (Wildman–Crippen MR) is 76.5 cm³/mol. The zero-order chi connectivity index (χ0) is 13.5. The Hall–Kier alpha value is -0.130. The molecule has 0 atom stereocenters. The molecule has 2 heterocycles. The van der Waals surface area contributed by atoms with Crippen molar-refractivity contribution < 1.29 is 8.42 Å². The monoisotopic (exact) mass is 286 g/mol. The molecule has 0 N–H and O–H groups in total. The highest BCUT2D eigenvalue weighted by atomic mass is 32.2. The van der Waals surface area contributed by atoms with E-state index >= 15 is 0 Å². The summed E-state index contributed by atoms with van der Waals surface area (Å²) >= 11 is 0. The molecule has 5 heteroatoms. The number of likely N-dealkylation sites (tertiary alicyclic amines) is 1. The van der Waals surface area contributed by atoms with Gasteiger partial charge in [0.1, 0.15) is 0 Å². The molecule has 3 aliphatic rings. The van der Waals surface area contributed by atoms with Crippen molar-refractivity contribution >= 4 is 10.0 Å². The number of rotatable bonds is 3. The van der Waals surface area contributed by atoms with Gasteiger partial charge in [-0.05, 0) is 25.2 Å². The van der Waals surface area contributed by atoms with Crippen molar-refractivity contribution in [1.82, 2.24) is 9.21 Å². The largest absolute Gasteiger partial charge is 0.302 e. The molecule has 0 aromatic rings. The number of sulfonamides is 1. The molecular weight excluding hydrogens is 260 g/mol. The van der Waals surface area contributed by atoms with Crippen LogP contribution >= 0.6 is 0 Å². The zero-order valence-corrected chi connectivity index (χ0v) is 12.8. The SMILES string of the molecule is CS(=O)(=O)N1CCC2(CN(CC3CCCCC3)C2)C1.